The van der Waals surface area contributed by atoms with E-state index in [2.05, 4.69) is 22.3 Å². The fraction of sp³-hybridized carbons (Fsp3) is 0.300. The van der Waals surface area contributed by atoms with Crippen molar-refractivity contribution in [1.82, 2.24) is 15.3 Å². The first kappa shape index (κ1) is 26.4. The molecule has 39 heavy (non-hydrogen) atoms. The zero-order valence-electron chi connectivity index (χ0n) is 21.7. The average molecular weight is 530 g/mol. The molecule has 1 heterocycles. The van der Waals surface area contributed by atoms with Crippen molar-refractivity contribution in [2.75, 3.05) is 33.4 Å². The zero-order chi connectivity index (χ0) is 27.4. The van der Waals surface area contributed by atoms with Crippen LogP contribution in [0.25, 0.3) is 11.1 Å². The van der Waals surface area contributed by atoms with Gasteiger partial charge in [0.25, 0.3) is 5.91 Å². The van der Waals surface area contributed by atoms with Crippen LogP contribution in [0.4, 0.5) is 4.79 Å². The van der Waals surface area contributed by atoms with E-state index < -0.39 is 30.1 Å². The molecule has 0 radical (unpaired) electrons. The van der Waals surface area contributed by atoms with Crippen molar-refractivity contribution in [1.29, 1.82) is 0 Å². The molecular weight excluding hydrogens is 498 g/mol. The summed E-state index contributed by atoms with van der Waals surface area (Å²) in [6.07, 6.45) is -0.387. The van der Waals surface area contributed by atoms with Crippen molar-refractivity contribution in [2.24, 2.45) is 0 Å². The monoisotopic (exact) mass is 529 g/mol. The average Bonchev–Trinajstić information content (AvgIpc) is 3.50. The van der Waals surface area contributed by atoms with Gasteiger partial charge in [0.1, 0.15) is 12.1 Å². The molecule has 5 rings (SSSR count). The number of fused-ring (bicyclic) bond motifs is 3. The number of ether oxygens (including phenoxy) is 1. The Bertz CT molecular complexity index is 1320. The Balaban J connectivity index is 1.30. The topological polar surface area (TPSA) is 108 Å². The van der Waals surface area contributed by atoms with Crippen LogP contribution < -0.4 is 5.32 Å². The van der Waals surface area contributed by atoms with Gasteiger partial charge in [-0.05, 0) is 34.2 Å². The van der Waals surface area contributed by atoms with Gasteiger partial charge in [0.15, 0.2) is 6.61 Å². The largest absolute Gasteiger partial charge is 0.479 e. The Hall–Kier alpha value is -4.21. The lowest BCUT2D eigenvalue weighted by atomic mass is 9.97. The highest BCUT2D eigenvalue weighted by Crippen LogP contribution is 2.44. The minimum atomic E-state index is -1.33. The van der Waals surface area contributed by atoms with Gasteiger partial charge >= 0.3 is 12.1 Å². The second-order valence-corrected chi connectivity index (χ2v) is 9.95. The fourth-order valence-corrected chi connectivity index (χ4v) is 5.54. The highest BCUT2D eigenvalue weighted by Gasteiger charge is 2.48. The van der Waals surface area contributed by atoms with Crippen LogP contribution in [0, 0.1) is 0 Å². The number of nitrogens with zero attached hydrogens (tertiary/aromatic N) is 2. The number of nitrogens with one attached hydrogen (secondary N) is 1. The van der Waals surface area contributed by atoms with Gasteiger partial charge in [-0.2, -0.15) is 0 Å². The maximum absolute atomic E-state index is 13.5. The quantitative estimate of drug-likeness (QED) is 0.408. The lowest BCUT2D eigenvalue weighted by Gasteiger charge is -2.32. The van der Waals surface area contributed by atoms with Crippen molar-refractivity contribution in [3.8, 4) is 11.1 Å². The van der Waals surface area contributed by atoms with Crippen LogP contribution in [0.3, 0.4) is 0 Å². The number of carboxylic acid groups (broad SMARTS) is 1. The van der Waals surface area contributed by atoms with Gasteiger partial charge in [0.05, 0.1) is 0 Å². The van der Waals surface area contributed by atoms with Crippen molar-refractivity contribution in [2.45, 2.75) is 24.4 Å². The molecule has 1 unspecified atom stereocenters. The molecule has 1 aliphatic carbocycles. The minimum Gasteiger partial charge on any atom is -0.479 e. The third-order valence-corrected chi connectivity index (χ3v) is 7.36. The summed E-state index contributed by atoms with van der Waals surface area (Å²) >= 11 is 0. The molecule has 1 fully saturated rings. The normalized spacial score (nSPS) is 18.3. The molecule has 0 spiro atoms. The van der Waals surface area contributed by atoms with E-state index in [9.17, 15) is 14.4 Å². The highest BCUT2D eigenvalue weighted by molar-refractivity contribution is 5.90. The maximum Gasteiger partial charge on any atom is 0.408 e. The molecule has 1 aliphatic heterocycles. The third-order valence-electron chi connectivity index (χ3n) is 7.36. The Morgan fingerprint density at radius 1 is 0.974 bits per heavy atom. The van der Waals surface area contributed by atoms with Gasteiger partial charge in [-0.3, -0.25) is 14.5 Å². The highest BCUT2D eigenvalue weighted by atomic mass is 16.7. The van der Waals surface area contributed by atoms with Gasteiger partial charge in [-0.15, -0.1) is 0 Å². The molecule has 3 aromatic carbocycles. The van der Waals surface area contributed by atoms with Crippen molar-refractivity contribution in [3.63, 3.8) is 0 Å². The number of rotatable bonds is 9. The minimum absolute atomic E-state index is 0.114. The fourth-order valence-electron chi connectivity index (χ4n) is 5.54. The Morgan fingerprint density at radius 3 is 2.23 bits per heavy atom. The van der Waals surface area contributed by atoms with Crippen molar-refractivity contribution in [3.05, 3.63) is 95.6 Å². The van der Waals surface area contributed by atoms with Crippen LogP contribution in [0.15, 0.2) is 78.9 Å². The first-order valence-electron chi connectivity index (χ1n) is 12.9. The van der Waals surface area contributed by atoms with Crippen LogP contribution in [-0.4, -0.2) is 71.9 Å². The van der Waals surface area contributed by atoms with E-state index in [-0.39, 0.29) is 19.1 Å². The number of alkyl carbamates (subject to hydrolysis) is 1. The SMILES string of the molecule is CN(OCC(=O)O)C(=O)C1(NC(=O)OCC2c3ccccc3-c3ccccc32)CCN(Cc2ccccc2)C1. The Morgan fingerprint density at radius 2 is 1.59 bits per heavy atom. The van der Waals surface area contributed by atoms with E-state index in [1.807, 2.05) is 66.7 Å². The van der Waals surface area contributed by atoms with Crippen LogP contribution in [-0.2, 0) is 25.7 Å². The predicted molar refractivity (Wildman–Crippen MR) is 144 cm³/mol. The molecule has 2 N–H and O–H groups in total. The summed E-state index contributed by atoms with van der Waals surface area (Å²) in [5.74, 6) is -1.85. The van der Waals surface area contributed by atoms with Crippen LogP contribution in [0.5, 0.6) is 0 Å². The Kier molecular flexibility index (Phi) is 7.63. The summed E-state index contributed by atoms with van der Waals surface area (Å²) in [6, 6.07) is 26.0. The second kappa shape index (κ2) is 11.3. The van der Waals surface area contributed by atoms with Gasteiger partial charge < -0.3 is 15.2 Å². The van der Waals surface area contributed by atoms with Crippen LogP contribution in [0.1, 0.15) is 29.0 Å². The lowest BCUT2D eigenvalue weighted by Crippen LogP contribution is -2.60. The first-order chi connectivity index (χ1) is 18.9. The number of carboxylic acids is 1. The Labute approximate surface area is 226 Å². The summed E-state index contributed by atoms with van der Waals surface area (Å²) in [4.78, 5) is 44.9. The molecule has 2 aliphatic rings. The molecule has 0 aromatic heterocycles. The number of hydrogen-bond acceptors (Lipinski definition) is 6. The smallest absolute Gasteiger partial charge is 0.408 e. The number of carbonyl (C=O) groups excluding carboxylic acids is 2. The summed E-state index contributed by atoms with van der Waals surface area (Å²) in [6.45, 7) is 0.824. The van der Waals surface area contributed by atoms with Crippen molar-refractivity contribution >= 4 is 18.0 Å². The molecule has 202 valence electrons. The van der Waals surface area contributed by atoms with Crippen LogP contribution in [0.2, 0.25) is 0 Å². The van der Waals surface area contributed by atoms with E-state index in [0.29, 0.717) is 19.5 Å². The number of carbonyl (C=O) groups is 3. The van der Waals surface area contributed by atoms with Crippen molar-refractivity contribution < 1.29 is 29.1 Å². The molecule has 0 bridgehead atoms. The summed E-state index contributed by atoms with van der Waals surface area (Å²) in [5.41, 5.74) is 4.18. The van der Waals surface area contributed by atoms with E-state index in [0.717, 1.165) is 32.9 Å². The second-order valence-electron chi connectivity index (χ2n) is 9.95. The maximum atomic E-state index is 13.5. The van der Waals surface area contributed by atoms with E-state index in [4.69, 9.17) is 14.7 Å². The van der Waals surface area contributed by atoms with Crippen LogP contribution >= 0.6 is 0 Å². The number of likely N-dealkylation sites (N-methyl/N-ethyl adjacent to an activating group) is 1. The van der Waals surface area contributed by atoms with E-state index in [1.165, 1.54) is 7.05 Å². The first-order valence-corrected chi connectivity index (χ1v) is 12.9. The lowest BCUT2D eigenvalue weighted by molar-refractivity contribution is -0.191. The molecule has 3 aromatic rings. The summed E-state index contributed by atoms with van der Waals surface area (Å²) in [5, 5.41) is 12.7. The number of likely N-dealkylation sites (tertiary alicyclic amines) is 1. The number of hydrogen-bond donors (Lipinski definition) is 2. The third kappa shape index (κ3) is 5.64. The van der Waals surface area contributed by atoms with E-state index in [1.54, 1.807) is 0 Å². The molecule has 1 atom stereocenters. The molecular formula is C30H31N3O6. The number of benzene rings is 3. The number of hydroxylamine groups is 2. The summed E-state index contributed by atoms with van der Waals surface area (Å²) in [7, 11) is 1.35. The van der Waals surface area contributed by atoms with Gasteiger partial charge in [-0.1, -0.05) is 78.9 Å². The van der Waals surface area contributed by atoms with Gasteiger partial charge in [0, 0.05) is 32.6 Å². The molecule has 9 nitrogen and oxygen atoms in total. The molecule has 2 amide bonds. The predicted octanol–water partition coefficient (Wildman–Crippen LogP) is 3.64. The van der Waals surface area contributed by atoms with Gasteiger partial charge in [0.2, 0.25) is 0 Å². The molecule has 9 heteroatoms. The summed E-state index contributed by atoms with van der Waals surface area (Å²) < 4.78 is 5.73. The molecule has 0 saturated carbocycles. The molecule has 1 saturated heterocycles. The van der Waals surface area contributed by atoms with Gasteiger partial charge in [-0.25, -0.2) is 14.7 Å². The van der Waals surface area contributed by atoms with E-state index >= 15 is 0 Å². The standard InChI is InChI=1S/C30H31N3O6/c1-32(39-19-27(34)35)28(36)30(15-16-33(20-30)17-21-9-3-2-4-10-21)31-29(37)38-18-26-24-13-7-5-11-22(24)23-12-6-8-14-25(23)26/h2-14,26H,15-20H2,1H3,(H,31,37)(H,34,35). The zero-order valence-corrected chi connectivity index (χ0v) is 21.7. The number of amides is 2. The number of aliphatic carboxylic acids is 1.